The van der Waals surface area contributed by atoms with Gasteiger partial charge < -0.3 is 10.6 Å². The third kappa shape index (κ3) is 5.26. The highest BCUT2D eigenvalue weighted by Crippen LogP contribution is 2.20. The Balaban J connectivity index is 0.00000441. The van der Waals surface area contributed by atoms with Gasteiger partial charge in [-0.25, -0.2) is 8.42 Å². The van der Waals surface area contributed by atoms with Crippen LogP contribution in [0.1, 0.15) is 29.8 Å². The van der Waals surface area contributed by atoms with Crippen molar-refractivity contribution in [3.63, 3.8) is 0 Å². The highest BCUT2D eigenvalue weighted by Gasteiger charge is 2.23. The number of nitrogens with zero attached hydrogens (tertiary/aromatic N) is 1. The van der Waals surface area contributed by atoms with Gasteiger partial charge in [0.05, 0.1) is 4.90 Å². The molecule has 7 heteroatoms. The second-order valence-corrected chi connectivity index (χ2v) is 8.29. The van der Waals surface area contributed by atoms with Crippen LogP contribution in [-0.4, -0.2) is 45.6 Å². The predicted octanol–water partition coefficient (Wildman–Crippen LogP) is 1.88. The lowest BCUT2D eigenvalue weighted by Gasteiger charge is -2.29. The fraction of sp³-hybridized carbons (Fsp3) is 0.533. The molecule has 1 aromatic rings. The lowest BCUT2D eigenvalue weighted by atomic mass is 9.93. The fourth-order valence-corrected chi connectivity index (χ4v) is 2.69. The first-order valence-electron chi connectivity index (χ1n) is 6.74. The highest BCUT2D eigenvalue weighted by atomic mass is 35.5. The van der Waals surface area contributed by atoms with Gasteiger partial charge in [0.1, 0.15) is 0 Å². The summed E-state index contributed by atoms with van der Waals surface area (Å²) in [7, 11) is -1.63. The quantitative estimate of drug-likeness (QED) is 0.880. The van der Waals surface area contributed by atoms with E-state index in [4.69, 9.17) is 5.73 Å². The number of hydrogen-bond donors (Lipinski definition) is 1. The number of benzene rings is 1. The Morgan fingerprint density at radius 2 is 1.86 bits per heavy atom. The van der Waals surface area contributed by atoms with Gasteiger partial charge in [-0.3, -0.25) is 4.79 Å². The Morgan fingerprint density at radius 1 is 1.32 bits per heavy atom. The maximum Gasteiger partial charge on any atom is 0.253 e. The van der Waals surface area contributed by atoms with Gasteiger partial charge in [0.25, 0.3) is 5.91 Å². The summed E-state index contributed by atoms with van der Waals surface area (Å²) in [5.41, 5.74) is 6.66. The van der Waals surface area contributed by atoms with E-state index in [1.54, 1.807) is 24.9 Å². The number of hydrogen-bond acceptors (Lipinski definition) is 4. The van der Waals surface area contributed by atoms with E-state index in [-0.39, 0.29) is 28.6 Å². The Kier molecular flexibility index (Phi) is 7.06. The van der Waals surface area contributed by atoms with Crippen molar-refractivity contribution in [3.05, 3.63) is 29.3 Å². The smallest absolute Gasteiger partial charge is 0.253 e. The van der Waals surface area contributed by atoms with Crippen molar-refractivity contribution >= 4 is 28.2 Å². The molecule has 0 saturated carbocycles. The fourth-order valence-electron chi connectivity index (χ4n) is 2.05. The van der Waals surface area contributed by atoms with Gasteiger partial charge >= 0.3 is 0 Å². The summed E-state index contributed by atoms with van der Waals surface area (Å²) >= 11 is 0. The van der Waals surface area contributed by atoms with Crippen molar-refractivity contribution in [2.24, 2.45) is 11.1 Å². The molecule has 0 spiro atoms. The number of sulfone groups is 1. The molecule has 0 heterocycles. The summed E-state index contributed by atoms with van der Waals surface area (Å²) < 4.78 is 23.2. The van der Waals surface area contributed by atoms with Crippen molar-refractivity contribution in [3.8, 4) is 0 Å². The van der Waals surface area contributed by atoms with E-state index in [9.17, 15) is 13.2 Å². The minimum Gasteiger partial charge on any atom is -0.341 e. The molecule has 5 nitrogen and oxygen atoms in total. The van der Waals surface area contributed by atoms with E-state index in [0.717, 1.165) is 11.8 Å². The molecule has 0 aliphatic rings. The summed E-state index contributed by atoms with van der Waals surface area (Å²) in [5.74, 6) is -0.195. The number of aryl methyl sites for hydroxylation is 1. The molecular formula is C15H25ClN2O3S. The summed E-state index contributed by atoms with van der Waals surface area (Å²) in [4.78, 5) is 14.3. The molecule has 2 N–H and O–H groups in total. The molecular weight excluding hydrogens is 324 g/mol. The second kappa shape index (κ2) is 7.44. The summed E-state index contributed by atoms with van der Waals surface area (Å²) in [5, 5.41) is 0. The van der Waals surface area contributed by atoms with E-state index < -0.39 is 9.84 Å². The van der Waals surface area contributed by atoms with Gasteiger partial charge in [0, 0.05) is 25.4 Å². The summed E-state index contributed by atoms with van der Waals surface area (Å²) in [6, 6.07) is 4.62. The lowest BCUT2D eigenvalue weighted by Crippen LogP contribution is -2.40. The van der Waals surface area contributed by atoms with Crippen molar-refractivity contribution in [2.45, 2.75) is 25.7 Å². The Bertz CT molecular complexity index is 642. The Morgan fingerprint density at radius 3 is 2.32 bits per heavy atom. The van der Waals surface area contributed by atoms with Crippen LogP contribution >= 0.6 is 12.4 Å². The van der Waals surface area contributed by atoms with E-state index in [1.165, 1.54) is 12.1 Å². The van der Waals surface area contributed by atoms with Crippen LogP contribution in [-0.2, 0) is 9.84 Å². The molecule has 0 atom stereocenters. The van der Waals surface area contributed by atoms with Crippen molar-refractivity contribution in [2.75, 3.05) is 26.4 Å². The minimum atomic E-state index is -3.33. The molecule has 126 valence electrons. The van der Waals surface area contributed by atoms with Gasteiger partial charge in [0.15, 0.2) is 9.84 Å². The van der Waals surface area contributed by atoms with Crippen molar-refractivity contribution in [1.82, 2.24) is 4.90 Å². The average molecular weight is 349 g/mol. The van der Waals surface area contributed by atoms with Crippen LogP contribution in [0.3, 0.4) is 0 Å². The Labute approximate surface area is 139 Å². The normalized spacial score (nSPS) is 11.7. The van der Waals surface area contributed by atoms with E-state index in [1.807, 2.05) is 13.8 Å². The third-order valence-electron chi connectivity index (χ3n) is 3.43. The first-order valence-corrected chi connectivity index (χ1v) is 8.63. The van der Waals surface area contributed by atoms with Crippen molar-refractivity contribution < 1.29 is 13.2 Å². The highest BCUT2D eigenvalue weighted by molar-refractivity contribution is 7.90. The first-order chi connectivity index (χ1) is 9.48. The number of carbonyl (C=O) groups excluding carboxylic acids is 1. The van der Waals surface area contributed by atoms with E-state index in [0.29, 0.717) is 18.7 Å². The maximum atomic E-state index is 12.5. The van der Waals surface area contributed by atoms with Crippen LogP contribution in [0.25, 0.3) is 0 Å². The molecule has 0 aromatic heterocycles. The van der Waals surface area contributed by atoms with E-state index >= 15 is 0 Å². The minimum absolute atomic E-state index is 0. The zero-order valence-electron chi connectivity index (χ0n) is 13.7. The SMILES string of the molecule is Cc1ccc(S(C)(=O)=O)cc1C(=O)N(C)CC(C)(C)CN.Cl. The molecule has 0 aliphatic carbocycles. The summed E-state index contributed by atoms with van der Waals surface area (Å²) in [6.45, 7) is 6.73. The Hall–Kier alpha value is -1.11. The van der Waals surface area contributed by atoms with Crippen molar-refractivity contribution in [1.29, 1.82) is 0 Å². The van der Waals surface area contributed by atoms with Gasteiger partial charge in [-0.05, 0) is 36.6 Å². The van der Waals surface area contributed by atoms with Gasteiger partial charge in [-0.15, -0.1) is 12.4 Å². The molecule has 0 saturated heterocycles. The van der Waals surface area contributed by atoms with Gasteiger partial charge in [-0.2, -0.15) is 0 Å². The largest absolute Gasteiger partial charge is 0.341 e. The molecule has 1 rings (SSSR count). The zero-order valence-corrected chi connectivity index (χ0v) is 15.3. The van der Waals surface area contributed by atoms with Crippen LogP contribution in [0.2, 0.25) is 0 Å². The topological polar surface area (TPSA) is 80.5 Å². The third-order valence-corrected chi connectivity index (χ3v) is 4.54. The number of carbonyl (C=O) groups is 1. The molecule has 22 heavy (non-hydrogen) atoms. The molecule has 0 aliphatic heterocycles. The lowest BCUT2D eigenvalue weighted by molar-refractivity contribution is 0.0739. The monoisotopic (exact) mass is 348 g/mol. The first kappa shape index (κ1) is 20.9. The van der Waals surface area contributed by atoms with Crippen LogP contribution in [0, 0.1) is 12.3 Å². The van der Waals surface area contributed by atoms with Crippen LogP contribution in [0.15, 0.2) is 23.1 Å². The second-order valence-electron chi connectivity index (χ2n) is 6.28. The standard InChI is InChI=1S/C15H24N2O3S.ClH/c1-11-6-7-12(21(5,19)20)8-13(11)14(18)17(4)10-15(2,3)9-16;/h6-8H,9-10,16H2,1-5H3;1H. The van der Waals surface area contributed by atoms with Crippen LogP contribution in [0.4, 0.5) is 0 Å². The number of rotatable bonds is 5. The molecule has 1 aromatic carbocycles. The zero-order chi connectivity index (χ0) is 16.4. The maximum absolute atomic E-state index is 12.5. The average Bonchev–Trinajstić information content (AvgIpc) is 2.36. The number of amides is 1. The molecule has 0 bridgehead atoms. The number of nitrogens with two attached hydrogens (primary N) is 1. The van der Waals surface area contributed by atoms with Crippen LogP contribution < -0.4 is 5.73 Å². The molecule has 1 amide bonds. The molecule has 0 fully saturated rings. The predicted molar refractivity (Wildman–Crippen MR) is 91.3 cm³/mol. The molecule has 0 unspecified atom stereocenters. The summed E-state index contributed by atoms with van der Waals surface area (Å²) in [6.07, 6.45) is 1.13. The van der Waals surface area contributed by atoms with Crippen LogP contribution in [0.5, 0.6) is 0 Å². The molecule has 0 radical (unpaired) electrons. The van der Waals surface area contributed by atoms with E-state index in [2.05, 4.69) is 0 Å². The van der Waals surface area contributed by atoms with Gasteiger partial charge in [-0.1, -0.05) is 19.9 Å². The van der Waals surface area contributed by atoms with Gasteiger partial charge in [0.2, 0.25) is 0 Å². The number of halogens is 1.